The van der Waals surface area contributed by atoms with Gasteiger partial charge in [-0.1, -0.05) is 36.4 Å². The number of phenolic OH excluding ortho intramolecular Hbond substituents is 1. The number of para-hydroxylation sites is 1. The Balaban J connectivity index is 0. The molecule has 0 unspecified atom stereocenters. The summed E-state index contributed by atoms with van der Waals surface area (Å²) in [5.41, 5.74) is 2.13. The van der Waals surface area contributed by atoms with Crippen molar-refractivity contribution in [2.75, 3.05) is 0 Å². The SMILES string of the molecule is Oc1ccccc1C1=CC=CC1.[Cl-].[Cl-].[Ti+2]. The zero-order valence-electron chi connectivity index (χ0n) is 7.95. The van der Waals surface area contributed by atoms with Gasteiger partial charge in [0, 0.05) is 5.56 Å². The van der Waals surface area contributed by atoms with Crippen LogP contribution >= 0.6 is 0 Å². The second-order valence-electron chi connectivity index (χ2n) is 2.84. The zero-order valence-corrected chi connectivity index (χ0v) is 11.0. The van der Waals surface area contributed by atoms with Crippen molar-refractivity contribution >= 4 is 5.57 Å². The Morgan fingerprint density at radius 2 is 1.73 bits per heavy atom. The second-order valence-corrected chi connectivity index (χ2v) is 2.84. The first-order valence-corrected chi connectivity index (χ1v) is 4.02. The topological polar surface area (TPSA) is 20.2 Å². The Kier molecular flexibility index (Phi) is 9.18. The molecule has 0 aromatic heterocycles. The molecule has 0 saturated heterocycles. The molecule has 1 aromatic carbocycles. The van der Waals surface area contributed by atoms with Crippen molar-refractivity contribution in [3.8, 4) is 5.75 Å². The molecule has 2 rings (SSSR count). The smallest absolute Gasteiger partial charge is 1.00 e. The van der Waals surface area contributed by atoms with Crippen molar-refractivity contribution in [3.05, 3.63) is 48.1 Å². The zero-order chi connectivity index (χ0) is 8.39. The van der Waals surface area contributed by atoms with Crippen molar-refractivity contribution in [2.45, 2.75) is 6.42 Å². The number of allylic oxidation sites excluding steroid dienone is 4. The van der Waals surface area contributed by atoms with Gasteiger partial charge < -0.3 is 29.9 Å². The quantitative estimate of drug-likeness (QED) is 0.534. The maximum absolute atomic E-state index is 9.50. The number of halogens is 2. The molecule has 1 N–H and O–H groups in total. The molecular weight excluding hydrogens is 267 g/mol. The third kappa shape index (κ3) is 4.04. The molecule has 4 heteroatoms. The predicted octanol–water partition coefficient (Wildman–Crippen LogP) is -3.26. The number of aromatic hydroxyl groups is 1. The molecular formula is C11H10Cl2OTi. The second kappa shape index (κ2) is 8.01. The monoisotopic (exact) mass is 276 g/mol. The van der Waals surface area contributed by atoms with E-state index in [-0.39, 0.29) is 46.5 Å². The average Bonchev–Trinajstić information content (AvgIpc) is 2.57. The summed E-state index contributed by atoms with van der Waals surface area (Å²) >= 11 is 0. The third-order valence-electron chi connectivity index (χ3n) is 2.02. The van der Waals surface area contributed by atoms with Gasteiger partial charge in [-0.15, -0.1) is 0 Å². The van der Waals surface area contributed by atoms with Gasteiger partial charge in [0.05, 0.1) is 0 Å². The van der Waals surface area contributed by atoms with E-state index in [9.17, 15) is 5.11 Å². The van der Waals surface area contributed by atoms with Crippen LogP contribution in [0, 0.1) is 0 Å². The van der Waals surface area contributed by atoms with Crippen LogP contribution in [0.15, 0.2) is 42.5 Å². The van der Waals surface area contributed by atoms with E-state index in [1.165, 1.54) is 5.57 Å². The van der Waals surface area contributed by atoms with Crippen LogP contribution in [0.2, 0.25) is 0 Å². The van der Waals surface area contributed by atoms with Crippen LogP contribution in [0.3, 0.4) is 0 Å². The Morgan fingerprint density at radius 1 is 1.07 bits per heavy atom. The van der Waals surface area contributed by atoms with Crippen LogP contribution in [0.4, 0.5) is 0 Å². The van der Waals surface area contributed by atoms with Crippen molar-refractivity contribution in [2.24, 2.45) is 0 Å². The third-order valence-corrected chi connectivity index (χ3v) is 2.02. The molecule has 0 bridgehead atoms. The van der Waals surface area contributed by atoms with E-state index in [4.69, 9.17) is 0 Å². The molecule has 1 nitrogen and oxygen atoms in total. The van der Waals surface area contributed by atoms with E-state index in [0.29, 0.717) is 5.75 Å². The maximum atomic E-state index is 9.50. The van der Waals surface area contributed by atoms with Crippen LogP contribution in [-0.2, 0) is 21.7 Å². The van der Waals surface area contributed by atoms with Crippen molar-refractivity contribution in [1.82, 2.24) is 0 Å². The molecule has 0 saturated carbocycles. The van der Waals surface area contributed by atoms with E-state index in [1.807, 2.05) is 30.4 Å². The van der Waals surface area contributed by atoms with E-state index < -0.39 is 0 Å². The molecule has 0 radical (unpaired) electrons. The molecule has 0 heterocycles. The number of benzene rings is 1. The van der Waals surface area contributed by atoms with Crippen LogP contribution in [-0.4, -0.2) is 5.11 Å². The van der Waals surface area contributed by atoms with Gasteiger partial charge in [0.2, 0.25) is 0 Å². The van der Waals surface area contributed by atoms with Crippen molar-refractivity contribution in [3.63, 3.8) is 0 Å². The number of hydrogen-bond donors (Lipinski definition) is 1. The average molecular weight is 277 g/mol. The fourth-order valence-electron chi connectivity index (χ4n) is 1.39. The number of rotatable bonds is 1. The first-order chi connectivity index (χ1) is 5.88. The van der Waals surface area contributed by atoms with Gasteiger partial charge in [0.15, 0.2) is 0 Å². The molecule has 0 amide bonds. The molecule has 1 aliphatic rings. The van der Waals surface area contributed by atoms with Crippen molar-refractivity contribution < 1.29 is 51.6 Å². The molecule has 15 heavy (non-hydrogen) atoms. The largest absolute Gasteiger partial charge is 2.00 e. The molecule has 1 aromatic rings. The number of hydrogen-bond acceptors (Lipinski definition) is 1. The fourth-order valence-corrected chi connectivity index (χ4v) is 1.39. The Hall–Kier alpha value is -0.206. The minimum atomic E-state index is 0. The molecule has 78 valence electrons. The summed E-state index contributed by atoms with van der Waals surface area (Å²) in [6.45, 7) is 0. The van der Waals surface area contributed by atoms with Crippen LogP contribution in [0.25, 0.3) is 5.57 Å². The first-order valence-electron chi connectivity index (χ1n) is 4.02. The summed E-state index contributed by atoms with van der Waals surface area (Å²) in [6.07, 6.45) is 7.07. The minimum absolute atomic E-state index is 0. The van der Waals surface area contributed by atoms with E-state index in [1.54, 1.807) is 6.07 Å². The van der Waals surface area contributed by atoms with Crippen molar-refractivity contribution in [1.29, 1.82) is 0 Å². The van der Waals surface area contributed by atoms with Gasteiger partial charge in [-0.2, -0.15) is 0 Å². The van der Waals surface area contributed by atoms with Gasteiger partial charge in [-0.3, -0.25) is 0 Å². The molecule has 0 aliphatic heterocycles. The summed E-state index contributed by atoms with van der Waals surface area (Å²) in [5.74, 6) is 0.368. The van der Waals surface area contributed by atoms with E-state index >= 15 is 0 Å². The molecule has 1 aliphatic carbocycles. The first kappa shape index (κ1) is 17.2. The molecule has 0 spiro atoms. The normalized spacial score (nSPS) is 11.9. The van der Waals surface area contributed by atoms with E-state index in [0.717, 1.165) is 12.0 Å². The van der Waals surface area contributed by atoms with Gasteiger partial charge in [-0.05, 0) is 18.1 Å². The Morgan fingerprint density at radius 3 is 2.27 bits per heavy atom. The van der Waals surface area contributed by atoms with Gasteiger partial charge >= 0.3 is 21.7 Å². The predicted molar refractivity (Wildman–Crippen MR) is 49.8 cm³/mol. The fraction of sp³-hybridized carbons (Fsp3) is 0.0909. The summed E-state index contributed by atoms with van der Waals surface area (Å²) in [5, 5.41) is 9.50. The van der Waals surface area contributed by atoms with Crippen LogP contribution < -0.4 is 24.8 Å². The Bertz CT molecular complexity index is 361. The summed E-state index contributed by atoms with van der Waals surface area (Å²) in [4.78, 5) is 0. The van der Waals surface area contributed by atoms with Gasteiger partial charge in [0.1, 0.15) is 5.75 Å². The van der Waals surface area contributed by atoms with Gasteiger partial charge in [0.25, 0.3) is 0 Å². The van der Waals surface area contributed by atoms with E-state index in [2.05, 4.69) is 6.08 Å². The Labute approximate surface area is 117 Å². The van der Waals surface area contributed by atoms with Gasteiger partial charge in [-0.25, -0.2) is 0 Å². The summed E-state index contributed by atoms with van der Waals surface area (Å²) < 4.78 is 0. The molecule has 0 atom stereocenters. The maximum Gasteiger partial charge on any atom is 2.00 e. The van der Waals surface area contributed by atoms with Crippen LogP contribution in [0.1, 0.15) is 12.0 Å². The molecule has 0 fully saturated rings. The number of phenols is 1. The van der Waals surface area contributed by atoms with Crippen LogP contribution in [0.5, 0.6) is 5.75 Å². The summed E-state index contributed by atoms with van der Waals surface area (Å²) in [7, 11) is 0. The standard InChI is InChI=1S/C11H10O.2ClH.Ti/c12-11-8-4-3-7-10(11)9-5-1-2-6-9;;;/h1-5,7-8,12H,6H2;2*1H;/q;;;+2/p-2. The minimum Gasteiger partial charge on any atom is -1.00 e. The summed E-state index contributed by atoms with van der Waals surface area (Å²) in [6, 6.07) is 7.43.